The molecule has 0 amide bonds. The fourth-order valence-electron chi connectivity index (χ4n) is 2.74. The highest BCUT2D eigenvalue weighted by Gasteiger charge is 2.40. The maximum Gasteiger partial charge on any atom is 0.323 e. The molecule has 1 N–H and O–H groups in total. The molecular weight excluding hydrogens is 256 g/mol. The van der Waals surface area contributed by atoms with Crippen molar-refractivity contribution in [1.82, 2.24) is 4.90 Å². The van der Waals surface area contributed by atoms with Crippen LogP contribution in [0, 0.1) is 11.3 Å². The quantitative estimate of drug-likeness (QED) is 0.836. The Labute approximate surface area is 118 Å². The third kappa shape index (κ3) is 2.98. The maximum absolute atomic E-state index is 11.9. The van der Waals surface area contributed by atoms with E-state index in [-0.39, 0.29) is 18.4 Å². The van der Waals surface area contributed by atoms with Gasteiger partial charge in [-0.25, -0.2) is 0 Å². The van der Waals surface area contributed by atoms with Crippen LogP contribution in [0.4, 0.5) is 0 Å². The van der Waals surface area contributed by atoms with Crippen LogP contribution in [-0.4, -0.2) is 41.8 Å². The zero-order valence-electron chi connectivity index (χ0n) is 11.4. The average Bonchev–Trinajstić information content (AvgIpc) is 2.86. The summed E-state index contributed by atoms with van der Waals surface area (Å²) in [7, 11) is 1.34. The number of aliphatic hydroxyl groups excluding tert-OH is 1. The van der Waals surface area contributed by atoms with Gasteiger partial charge in [0.1, 0.15) is 6.04 Å². The SMILES string of the molecule is COC(=O)C1CC(O)CN1C(CC#N)c1ccccc1. The Kier molecular flexibility index (Phi) is 4.72. The van der Waals surface area contributed by atoms with Crippen molar-refractivity contribution in [3.63, 3.8) is 0 Å². The average molecular weight is 274 g/mol. The number of nitriles is 1. The van der Waals surface area contributed by atoms with E-state index in [4.69, 9.17) is 10.00 Å². The number of likely N-dealkylation sites (tertiary alicyclic amines) is 1. The maximum atomic E-state index is 11.9. The van der Waals surface area contributed by atoms with E-state index in [2.05, 4.69) is 6.07 Å². The molecule has 0 bridgehead atoms. The summed E-state index contributed by atoms with van der Waals surface area (Å²) >= 11 is 0. The summed E-state index contributed by atoms with van der Waals surface area (Å²) in [6.07, 6.45) is 0.0510. The lowest BCUT2D eigenvalue weighted by Crippen LogP contribution is -2.39. The topological polar surface area (TPSA) is 73.6 Å². The molecule has 1 aromatic carbocycles. The molecule has 1 heterocycles. The molecule has 1 aromatic rings. The molecule has 1 fully saturated rings. The van der Waals surface area contributed by atoms with E-state index < -0.39 is 12.1 Å². The summed E-state index contributed by atoms with van der Waals surface area (Å²) in [6, 6.07) is 11.0. The lowest BCUT2D eigenvalue weighted by molar-refractivity contribution is -0.146. The smallest absolute Gasteiger partial charge is 0.323 e. The van der Waals surface area contributed by atoms with Crippen molar-refractivity contribution >= 4 is 5.97 Å². The van der Waals surface area contributed by atoms with Crippen LogP contribution in [0.5, 0.6) is 0 Å². The summed E-state index contributed by atoms with van der Waals surface area (Å²) in [5.74, 6) is -0.361. The first kappa shape index (κ1) is 14.5. The molecule has 2 rings (SSSR count). The number of aliphatic hydroxyl groups is 1. The summed E-state index contributed by atoms with van der Waals surface area (Å²) < 4.78 is 4.80. The molecule has 5 nitrogen and oxygen atoms in total. The summed E-state index contributed by atoms with van der Waals surface area (Å²) in [4.78, 5) is 13.7. The lowest BCUT2D eigenvalue weighted by Gasteiger charge is -2.30. The van der Waals surface area contributed by atoms with Gasteiger partial charge in [-0.1, -0.05) is 30.3 Å². The zero-order chi connectivity index (χ0) is 14.5. The number of hydrogen-bond donors (Lipinski definition) is 1. The third-order valence-electron chi connectivity index (χ3n) is 3.66. The number of benzene rings is 1. The Morgan fingerprint density at radius 3 is 2.85 bits per heavy atom. The molecule has 106 valence electrons. The van der Waals surface area contributed by atoms with E-state index in [1.807, 2.05) is 35.2 Å². The molecule has 1 aliphatic heterocycles. The molecule has 0 saturated carbocycles. The summed E-state index contributed by atoms with van der Waals surface area (Å²) in [5, 5.41) is 18.9. The van der Waals surface area contributed by atoms with E-state index in [0.717, 1.165) is 5.56 Å². The highest BCUT2D eigenvalue weighted by molar-refractivity contribution is 5.76. The van der Waals surface area contributed by atoms with Gasteiger partial charge in [-0.2, -0.15) is 5.26 Å². The zero-order valence-corrected chi connectivity index (χ0v) is 11.4. The molecule has 3 unspecified atom stereocenters. The second kappa shape index (κ2) is 6.51. The third-order valence-corrected chi connectivity index (χ3v) is 3.66. The van der Waals surface area contributed by atoms with Gasteiger partial charge in [0.05, 0.1) is 25.7 Å². The minimum absolute atomic E-state index is 0.206. The van der Waals surface area contributed by atoms with Gasteiger partial charge in [0.25, 0.3) is 0 Å². The minimum atomic E-state index is -0.566. The van der Waals surface area contributed by atoms with Crippen LogP contribution in [0.3, 0.4) is 0 Å². The number of carbonyl (C=O) groups is 1. The van der Waals surface area contributed by atoms with Gasteiger partial charge in [-0.3, -0.25) is 9.69 Å². The standard InChI is InChI=1S/C15H18N2O3/c1-20-15(19)14-9-12(18)10-17(14)13(7-8-16)11-5-3-2-4-6-11/h2-6,12-14,18H,7,9-10H2,1H3. The van der Waals surface area contributed by atoms with E-state index in [9.17, 15) is 9.90 Å². The van der Waals surface area contributed by atoms with E-state index in [0.29, 0.717) is 13.0 Å². The fourth-order valence-corrected chi connectivity index (χ4v) is 2.74. The molecule has 0 spiro atoms. The lowest BCUT2D eigenvalue weighted by atomic mass is 10.0. The van der Waals surface area contributed by atoms with Gasteiger partial charge in [0.15, 0.2) is 0 Å². The number of nitrogens with zero attached hydrogens (tertiary/aromatic N) is 2. The minimum Gasteiger partial charge on any atom is -0.468 e. The molecule has 1 aliphatic rings. The Morgan fingerprint density at radius 2 is 2.25 bits per heavy atom. The summed E-state index contributed by atoms with van der Waals surface area (Å²) in [6.45, 7) is 0.376. The first-order valence-corrected chi connectivity index (χ1v) is 6.61. The van der Waals surface area contributed by atoms with Gasteiger partial charge < -0.3 is 9.84 Å². The Hall–Kier alpha value is -1.90. The van der Waals surface area contributed by atoms with Crippen molar-refractivity contribution in [2.45, 2.75) is 31.0 Å². The van der Waals surface area contributed by atoms with Crippen LogP contribution in [-0.2, 0) is 9.53 Å². The molecule has 5 heteroatoms. The number of esters is 1. The van der Waals surface area contributed by atoms with Crippen molar-refractivity contribution in [2.75, 3.05) is 13.7 Å². The largest absolute Gasteiger partial charge is 0.468 e. The van der Waals surface area contributed by atoms with Gasteiger partial charge in [-0.15, -0.1) is 0 Å². The van der Waals surface area contributed by atoms with Gasteiger partial charge in [-0.05, 0) is 5.56 Å². The van der Waals surface area contributed by atoms with Crippen molar-refractivity contribution < 1.29 is 14.6 Å². The molecule has 3 atom stereocenters. The molecule has 0 aromatic heterocycles. The van der Waals surface area contributed by atoms with Crippen LogP contribution in [0.2, 0.25) is 0 Å². The Bertz CT molecular complexity index is 498. The second-order valence-corrected chi connectivity index (χ2v) is 4.91. The van der Waals surface area contributed by atoms with Gasteiger partial charge in [0, 0.05) is 19.0 Å². The number of hydrogen-bond acceptors (Lipinski definition) is 5. The predicted octanol–water partition coefficient (Wildman–Crippen LogP) is 1.25. The second-order valence-electron chi connectivity index (χ2n) is 4.91. The van der Waals surface area contributed by atoms with Gasteiger partial charge in [0.2, 0.25) is 0 Å². The van der Waals surface area contributed by atoms with E-state index in [1.54, 1.807) is 0 Å². The first-order valence-electron chi connectivity index (χ1n) is 6.61. The first-order chi connectivity index (χ1) is 9.67. The van der Waals surface area contributed by atoms with Crippen molar-refractivity contribution in [1.29, 1.82) is 5.26 Å². The highest BCUT2D eigenvalue weighted by atomic mass is 16.5. The number of ether oxygens (including phenoxy) is 1. The molecule has 20 heavy (non-hydrogen) atoms. The molecular formula is C15H18N2O3. The normalized spacial score (nSPS) is 24.1. The molecule has 1 saturated heterocycles. The van der Waals surface area contributed by atoms with Crippen LogP contribution >= 0.6 is 0 Å². The predicted molar refractivity (Wildman–Crippen MR) is 72.5 cm³/mol. The van der Waals surface area contributed by atoms with Crippen molar-refractivity contribution in [2.24, 2.45) is 0 Å². The fraction of sp³-hybridized carbons (Fsp3) is 0.467. The number of rotatable bonds is 4. The molecule has 0 aliphatic carbocycles. The van der Waals surface area contributed by atoms with Gasteiger partial charge >= 0.3 is 5.97 Å². The summed E-state index contributed by atoms with van der Waals surface area (Å²) in [5.41, 5.74) is 0.969. The number of methoxy groups -OCH3 is 1. The van der Waals surface area contributed by atoms with E-state index in [1.165, 1.54) is 7.11 Å². The van der Waals surface area contributed by atoms with Crippen LogP contribution in [0.1, 0.15) is 24.4 Å². The van der Waals surface area contributed by atoms with Crippen LogP contribution in [0.25, 0.3) is 0 Å². The van der Waals surface area contributed by atoms with Crippen LogP contribution in [0.15, 0.2) is 30.3 Å². The van der Waals surface area contributed by atoms with E-state index >= 15 is 0 Å². The van der Waals surface area contributed by atoms with Crippen molar-refractivity contribution in [3.8, 4) is 6.07 Å². The Morgan fingerprint density at radius 1 is 1.55 bits per heavy atom. The Balaban J connectivity index is 2.28. The van der Waals surface area contributed by atoms with Crippen LogP contribution < -0.4 is 0 Å². The monoisotopic (exact) mass is 274 g/mol. The molecule has 0 radical (unpaired) electrons. The number of β-amino-alcohol motifs (C(OH)–C–C–N with tert-alkyl or cyclic N) is 1. The number of carbonyl (C=O) groups excluding carboxylic acids is 1. The van der Waals surface area contributed by atoms with Crippen molar-refractivity contribution in [3.05, 3.63) is 35.9 Å². The highest BCUT2D eigenvalue weighted by Crippen LogP contribution is 2.32.